The number of carboxylic acids is 1. The first-order chi connectivity index (χ1) is 18.1. The number of hydrogen-bond donors (Lipinski definition) is 4. The SMILES string of the molecule is CC(C)CC(NC(=O)C(Cc1ccccc1)N1CCCC1=O)C(=O)NC1CCCCC1(O)CCCC(=O)O. The molecule has 1 saturated carbocycles. The van der Waals surface area contributed by atoms with Crippen molar-refractivity contribution in [3.05, 3.63) is 35.9 Å². The summed E-state index contributed by atoms with van der Waals surface area (Å²) in [6.45, 7) is 4.46. The summed E-state index contributed by atoms with van der Waals surface area (Å²) in [7, 11) is 0. The highest BCUT2D eigenvalue weighted by Crippen LogP contribution is 2.33. The fraction of sp³-hybridized carbons (Fsp3) is 0.655. The van der Waals surface area contributed by atoms with Gasteiger partial charge in [0.25, 0.3) is 0 Å². The van der Waals surface area contributed by atoms with E-state index >= 15 is 0 Å². The lowest BCUT2D eigenvalue weighted by Crippen LogP contribution is -2.60. The maximum atomic E-state index is 13.6. The third-order valence-corrected chi connectivity index (χ3v) is 7.72. The molecule has 38 heavy (non-hydrogen) atoms. The smallest absolute Gasteiger partial charge is 0.303 e. The third kappa shape index (κ3) is 8.28. The van der Waals surface area contributed by atoms with Gasteiger partial charge in [0.05, 0.1) is 11.6 Å². The van der Waals surface area contributed by atoms with E-state index < -0.39 is 29.7 Å². The van der Waals surface area contributed by atoms with Crippen molar-refractivity contribution in [1.82, 2.24) is 15.5 Å². The number of aliphatic hydroxyl groups is 1. The predicted octanol–water partition coefficient (Wildman–Crippen LogP) is 2.80. The minimum Gasteiger partial charge on any atom is -0.481 e. The van der Waals surface area contributed by atoms with Gasteiger partial charge in [-0.25, -0.2) is 0 Å². The number of carboxylic acid groups (broad SMARTS) is 1. The molecule has 9 nitrogen and oxygen atoms in total. The molecule has 1 aliphatic carbocycles. The van der Waals surface area contributed by atoms with Crippen LogP contribution in [0, 0.1) is 5.92 Å². The van der Waals surface area contributed by atoms with Gasteiger partial charge >= 0.3 is 5.97 Å². The van der Waals surface area contributed by atoms with Gasteiger partial charge < -0.3 is 25.7 Å². The minimum atomic E-state index is -1.17. The average Bonchev–Trinajstić information content (AvgIpc) is 3.29. The molecule has 1 heterocycles. The van der Waals surface area contributed by atoms with Gasteiger partial charge in [-0.1, -0.05) is 57.0 Å². The van der Waals surface area contributed by atoms with E-state index in [9.17, 15) is 24.3 Å². The van der Waals surface area contributed by atoms with Crippen molar-refractivity contribution in [1.29, 1.82) is 0 Å². The number of hydrogen-bond acceptors (Lipinski definition) is 5. The molecule has 4 N–H and O–H groups in total. The van der Waals surface area contributed by atoms with Crippen LogP contribution in [0.1, 0.15) is 83.6 Å². The molecule has 1 aromatic carbocycles. The van der Waals surface area contributed by atoms with Crippen LogP contribution in [0.5, 0.6) is 0 Å². The highest BCUT2D eigenvalue weighted by molar-refractivity contribution is 5.92. The Balaban J connectivity index is 1.74. The number of likely N-dealkylation sites (tertiary alicyclic amines) is 1. The Morgan fingerprint density at radius 3 is 2.47 bits per heavy atom. The van der Waals surface area contributed by atoms with Crippen molar-refractivity contribution in [2.24, 2.45) is 5.92 Å². The number of aliphatic carboxylic acids is 1. The lowest BCUT2D eigenvalue weighted by molar-refractivity contribution is -0.139. The molecule has 9 heteroatoms. The standard InChI is InChI=1S/C29H43N3O6/c1-20(2)18-22(27(36)31-24-12-6-7-15-29(24,38)16-8-14-26(34)35)30-28(37)23(32-17-9-13-25(32)33)19-21-10-4-3-5-11-21/h3-5,10-11,20,22-24,38H,6-9,12-19H2,1-2H3,(H,30,37)(H,31,36)(H,34,35). The van der Waals surface area contributed by atoms with Crippen LogP contribution in [0.2, 0.25) is 0 Å². The molecule has 2 aliphatic rings. The van der Waals surface area contributed by atoms with Crippen molar-refractivity contribution < 1.29 is 29.4 Å². The molecule has 1 aromatic rings. The monoisotopic (exact) mass is 529 g/mol. The van der Waals surface area contributed by atoms with Crippen molar-refractivity contribution in [2.75, 3.05) is 6.54 Å². The van der Waals surface area contributed by atoms with Gasteiger partial charge in [-0.2, -0.15) is 0 Å². The quantitative estimate of drug-likeness (QED) is 0.310. The number of benzene rings is 1. The summed E-state index contributed by atoms with van der Waals surface area (Å²) in [4.78, 5) is 52.3. The summed E-state index contributed by atoms with van der Waals surface area (Å²) < 4.78 is 0. The normalized spacial score (nSPS) is 23.2. The number of amides is 3. The first kappa shape index (κ1) is 29.6. The third-order valence-electron chi connectivity index (χ3n) is 7.72. The molecule has 0 bridgehead atoms. The summed E-state index contributed by atoms with van der Waals surface area (Å²) in [6, 6.07) is 7.50. The number of rotatable bonds is 13. The zero-order valence-corrected chi connectivity index (χ0v) is 22.7. The van der Waals surface area contributed by atoms with Gasteiger partial charge in [0, 0.05) is 25.8 Å². The summed E-state index contributed by atoms with van der Waals surface area (Å²) in [5, 5.41) is 26.3. The van der Waals surface area contributed by atoms with Crippen molar-refractivity contribution in [3.8, 4) is 0 Å². The van der Waals surface area contributed by atoms with Crippen LogP contribution < -0.4 is 10.6 Å². The summed E-state index contributed by atoms with van der Waals surface area (Å²) in [5.41, 5.74) is -0.237. The van der Waals surface area contributed by atoms with Crippen LogP contribution in [0.15, 0.2) is 30.3 Å². The minimum absolute atomic E-state index is 0.0347. The van der Waals surface area contributed by atoms with Crippen molar-refractivity contribution in [3.63, 3.8) is 0 Å². The summed E-state index contributed by atoms with van der Waals surface area (Å²) in [5.74, 6) is -1.56. The number of nitrogens with zero attached hydrogens (tertiary/aromatic N) is 1. The summed E-state index contributed by atoms with van der Waals surface area (Å²) >= 11 is 0. The Labute approximate surface area is 225 Å². The van der Waals surface area contributed by atoms with Crippen LogP contribution >= 0.6 is 0 Å². The van der Waals surface area contributed by atoms with E-state index in [1.165, 1.54) is 0 Å². The lowest BCUT2D eigenvalue weighted by atomic mass is 9.77. The molecule has 2 fully saturated rings. The molecule has 0 radical (unpaired) electrons. The first-order valence-corrected chi connectivity index (χ1v) is 14.0. The van der Waals surface area contributed by atoms with Gasteiger partial charge in [0.1, 0.15) is 12.1 Å². The largest absolute Gasteiger partial charge is 0.481 e. The van der Waals surface area contributed by atoms with E-state index in [1.54, 1.807) is 4.90 Å². The van der Waals surface area contributed by atoms with Crippen LogP contribution in [0.25, 0.3) is 0 Å². The summed E-state index contributed by atoms with van der Waals surface area (Å²) in [6.07, 6.45) is 5.23. The molecule has 1 aliphatic heterocycles. The van der Waals surface area contributed by atoms with E-state index in [1.807, 2.05) is 44.2 Å². The van der Waals surface area contributed by atoms with Crippen molar-refractivity contribution in [2.45, 2.75) is 108 Å². The molecule has 0 aromatic heterocycles. The second kappa shape index (κ2) is 13.7. The zero-order chi connectivity index (χ0) is 27.7. The number of carbonyl (C=O) groups excluding carboxylic acids is 3. The van der Waals surface area contributed by atoms with Crippen molar-refractivity contribution >= 4 is 23.7 Å². The molecule has 3 amide bonds. The maximum Gasteiger partial charge on any atom is 0.303 e. The van der Waals surface area contributed by atoms with E-state index in [4.69, 9.17) is 5.11 Å². The Bertz CT molecular complexity index is 968. The van der Waals surface area contributed by atoms with Crippen LogP contribution in [-0.4, -0.2) is 69.1 Å². The van der Waals surface area contributed by atoms with Gasteiger partial charge in [0.2, 0.25) is 17.7 Å². The van der Waals surface area contributed by atoms with E-state index in [2.05, 4.69) is 10.6 Å². The predicted molar refractivity (Wildman–Crippen MR) is 143 cm³/mol. The second-order valence-corrected chi connectivity index (χ2v) is 11.2. The van der Waals surface area contributed by atoms with E-state index in [0.29, 0.717) is 57.9 Å². The van der Waals surface area contributed by atoms with Gasteiger partial charge in [0.15, 0.2) is 0 Å². The van der Waals surface area contributed by atoms with Crippen LogP contribution in [-0.2, 0) is 25.6 Å². The molecule has 210 valence electrons. The fourth-order valence-electron chi connectivity index (χ4n) is 5.70. The molecule has 3 rings (SSSR count). The Hall–Kier alpha value is -2.94. The Morgan fingerprint density at radius 1 is 1.11 bits per heavy atom. The van der Waals surface area contributed by atoms with Gasteiger partial charge in [-0.05, 0) is 50.0 Å². The molecule has 4 unspecified atom stereocenters. The van der Waals surface area contributed by atoms with E-state index in [-0.39, 0.29) is 30.1 Å². The maximum absolute atomic E-state index is 13.6. The van der Waals surface area contributed by atoms with E-state index in [0.717, 1.165) is 18.4 Å². The van der Waals surface area contributed by atoms with Crippen LogP contribution in [0.3, 0.4) is 0 Å². The van der Waals surface area contributed by atoms with Gasteiger partial charge in [-0.15, -0.1) is 0 Å². The number of carbonyl (C=O) groups is 4. The fourth-order valence-corrected chi connectivity index (χ4v) is 5.70. The number of nitrogens with one attached hydrogen (secondary N) is 2. The molecular formula is C29H43N3O6. The van der Waals surface area contributed by atoms with Gasteiger partial charge in [-0.3, -0.25) is 19.2 Å². The molecule has 0 spiro atoms. The Morgan fingerprint density at radius 2 is 1.84 bits per heavy atom. The highest BCUT2D eigenvalue weighted by Gasteiger charge is 2.41. The second-order valence-electron chi connectivity index (χ2n) is 11.2. The lowest BCUT2D eigenvalue weighted by Gasteiger charge is -2.41. The topological polar surface area (TPSA) is 136 Å². The molecule has 1 saturated heterocycles. The molecular weight excluding hydrogens is 486 g/mol. The highest BCUT2D eigenvalue weighted by atomic mass is 16.4. The average molecular weight is 530 g/mol. The Kier molecular flexibility index (Phi) is 10.7. The molecule has 4 atom stereocenters. The zero-order valence-electron chi connectivity index (χ0n) is 22.7. The van der Waals surface area contributed by atoms with Crippen LogP contribution in [0.4, 0.5) is 0 Å². The first-order valence-electron chi connectivity index (χ1n) is 14.0.